The van der Waals surface area contributed by atoms with Crippen molar-refractivity contribution in [1.29, 1.82) is 0 Å². The van der Waals surface area contributed by atoms with E-state index in [9.17, 15) is 14.3 Å². The summed E-state index contributed by atoms with van der Waals surface area (Å²) in [5, 5.41) is 9.36. The molecule has 0 aliphatic carbocycles. The molecule has 20 heavy (non-hydrogen) atoms. The number of nitrogens with zero attached hydrogens (tertiary/aromatic N) is 1. The molecule has 4 heteroatoms. The molecule has 1 aromatic carbocycles. The minimum absolute atomic E-state index is 0.189. The van der Waals surface area contributed by atoms with E-state index in [2.05, 4.69) is 0 Å². The summed E-state index contributed by atoms with van der Waals surface area (Å²) in [4.78, 5) is 12.9. The average Bonchev–Trinajstić information content (AvgIpc) is 2.26. The Hall–Kier alpha value is -1.58. The van der Waals surface area contributed by atoms with Gasteiger partial charge in [0.1, 0.15) is 5.82 Å². The second-order valence-electron chi connectivity index (χ2n) is 6.73. The van der Waals surface area contributed by atoms with Gasteiger partial charge in [0.05, 0.1) is 5.54 Å². The fraction of sp³-hybridized carbons (Fsp3) is 0.562. The number of aryl methyl sites for hydroxylation is 1. The van der Waals surface area contributed by atoms with Crippen LogP contribution in [0.25, 0.3) is 0 Å². The van der Waals surface area contributed by atoms with Gasteiger partial charge in [0.25, 0.3) is 0 Å². The predicted molar refractivity (Wildman–Crippen MR) is 76.4 cm³/mol. The first-order valence-electron chi connectivity index (χ1n) is 6.93. The Kier molecular flexibility index (Phi) is 3.53. The molecule has 1 aliphatic rings. The number of likely N-dealkylation sites (tertiary alicyclic amines) is 1. The molecule has 1 N–H and O–H groups in total. The van der Waals surface area contributed by atoms with Gasteiger partial charge in [0.15, 0.2) is 0 Å². The molecule has 1 aromatic rings. The van der Waals surface area contributed by atoms with E-state index in [1.54, 1.807) is 13.0 Å². The lowest BCUT2D eigenvalue weighted by Gasteiger charge is -2.59. The molecule has 2 rings (SSSR count). The summed E-state index contributed by atoms with van der Waals surface area (Å²) in [5.74, 6) is -0.229. The molecule has 110 valence electrons. The van der Waals surface area contributed by atoms with Gasteiger partial charge in [-0.3, -0.25) is 0 Å². The van der Waals surface area contributed by atoms with Crippen LogP contribution in [0, 0.1) is 18.2 Å². The van der Waals surface area contributed by atoms with E-state index >= 15 is 0 Å². The van der Waals surface area contributed by atoms with Crippen molar-refractivity contribution < 1.29 is 14.3 Å². The second-order valence-corrected chi connectivity index (χ2v) is 6.73. The third kappa shape index (κ3) is 2.28. The van der Waals surface area contributed by atoms with Crippen LogP contribution in [0.15, 0.2) is 18.2 Å². The highest BCUT2D eigenvalue weighted by Gasteiger charge is 2.54. The third-order valence-corrected chi connectivity index (χ3v) is 4.63. The van der Waals surface area contributed by atoms with Crippen molar-refractivity contribution >= 4 is 6.09 Å². The maximum absolute atomic E-state index is 13.7. The lowest BCUT2D eigenvalue weighted by atomic mass is 9.63. The minimum Gasteiger partial charge on any atom is -0.465 e. The normalized spacial score (nSPS) is 22.6. The zero-order valence-corrected chi connectivity index (χ0v) is 12.5. The van der Waals surface area contributed by atoms with Crippen molar-refractivity contribution in [3.05, 3.63) is 35.1 Å². The Balaban J connectivity index is 2.34. The molecule has 1 aliphatic heterocycles. The van der Waals surface area contributed by atoms with Gasteiger partial charge in [-0.2, -0.15) is 0 Å². The van der Waals surface area contributed by atoms with Gasteiger partial charge in [-0.1, -0.05) is 32.9 Å². The van der Waals surface area contributed by atoms with Gasteiger partial charge in [0.2, 0.25) is 0 Å². The van der Waals surface area contributed by atoms with Gasteiger partial charge < -0.3 is 10.0 Å². The van der Waals surface area contributed by atoms with Gasteiger partial charge >= 0.3 is 6.09 Å². The lowest BCUT2D eigenvalue weighted by Crippen LogP contribution is -2.69. The molecular formula is C16H22FNO2. The summed E-state index contributed by atoms with van der Waals surface area (Å²) >= 11 is 0. The van der Waals surface area contributed by atoms with E-state index < -0.39 is 11.6 Å². The highest BCUT2D eigenvalue weighted by atomic mass is 19.1. The zero-order valence-electron chi connectivity index (χ0n) is 12.5. The van der Waals surface area contributed by atoms with Crippen molar-refractivity contribution in [3.8, 4) is 0 Å². The first-order valence-corrected chi connectivity index (χ1v) is 6.93. The SMILES string of the molecule is Cc1ccc(C[C@]2(C(C)(C)C)CCN2C(=O)O)cc1F. The maximum atomic E-state index is 13.7. The Morgan fingerprint density at radius 1 is 1.45 bits per heavy atom. The molecule has 0 spiro atoms. The zero-order chi connectivity index (χ0) is 15.1. The fourth-order valence-corrected chi connectivity index (χ4v) is 3.09. The van der Waals surface area contributed by atoms with Crippen molar-refractivity contribution in [2.45, 2.75) is 46.1 Å². The summed E-state index contributed by atoms with van der Waals surface area (Å²) in [6.45, 7) is 8.43. The molecule has 3 nitrogen and oxygen atoms in total. The van der Waals surface area contributed by atoms with Crippen LogP contribution in [-0.4, -0.2) is 28.2 Å². The number of hydrogen-bond donors (Lipinski definition) is 1. The van der Waals surface area contributed by atoms with Crippen LogP contribution in [-0.2, 0) is 6.42 Å². The lowest BCUT2D eigenvalue weighted by molar-refractivity contribution is -0.0716. The topological polar surface area (TPSA) is 40.5 Å². The molecular weight excluding hydrogens is 257 g/mol. The molecule has 1 saturated heterocycles. The summed E-state index contributed by atoms with van der Waals surface area (Å²) in [7, 11) is 0. The van der Waals surface area contributed by atoms with E-state index in [4.69, 9.17) is 0 Å². The number of amides is 1. The number of benzene rings is 1. The Labute approximate surface area is 119 Å². The third-order valence-electron chi connectivity index (χ3n) is 4.63. The van der Waals surface area contributed by atoms with E-state index in [-0.39, 0.29) is 11.2 Å². The minimum atomic E-state index is -0.890. The van der Waals surface area contributed by atoms with E-state index in [1.807, 2.05) is 26.8 Å². The molecule has 0 bridgehead atoms. The van der Waals surface area contributed by atoms with E-state index in [0.717, 1.165) is 12.0 Å². The van der Waals surface area contributed by atoms with Gasteiger partial charge in [-0.15, -0.1) is 0 Å². The molecule has 1 fully saturated rings. The fourth-order valence-electron chi connectivity index (χ4n) is 3.09. The second kappa shape index (κ2) is 4.76. The van der Waals surface area contributed by atoms with Crippen LogP contribution in [0.5, 0.6) is 0 Å². The van der Waals surface area contributed by atoms with E-state index in [1.165, 1.54) is 11.0 Å². The smallest absolute Gasteiger partial charge is 0.407 e. The molecule has 1 amide bonds. The Bertz CT molecular complexity index is 536. The van der Waals surface area contributed by atoms with Crippen molar-refractivity contribution in [2.75, 3.05) is 6.54 Å². The highest BCUT2D eigenvalue weighted by molar-refractivity contribution is 5.68. The summed E-state index contributed by atoms with van der Waals surface area (Å²) < 4.78 is 13.7. The largest absolute Gasteiger partial charge is 0.465 e. The van der Waals surface area contributed by atoms with Crippen LogP contribution in [0.4, 0.5) is 9.18 Å². The predicted octanol–water partition coefficient (Wildman–Crippen LogP) is 3.85. The van der Waals surface area contributed by atoms with Crippen molar-refractivity contribution in [3.63, 3.8) is 0 Å². The van der Waals surface area contributed by atoms with Crippen molar-refractivity contribution in [1.82, 2.24) is 4.90 Å². The first kappa shape index (κ1) is 14.8. The average molecular weight is 279 g/mol. The molecule has 1 atom stereocenters. The van der Waals surface area contributed by atoms with Gasteiger partial charge in [-0.25, -0.2) is 9.18 Å². The monoisotopic (exact) mass is 279 g/mol. The molecule has 0 unspecified atom stereocenters. The Morgan fingerprint density at radius 3 is 2.50 bits per heavy atom. The van der Waals surface area contributed by atoms with Crippen LogP contribution in [0.1, 0.15) is 38.3 Å². The van der Waals surface area contributed by atoms with Crippen molar-refractivity contribution in [2.24, 2.45) is 5.41 Å². The summed E-state index contributed by atoms with van der Waals surface area (Å²) in [5.41, 5.74) is 0.835. The standard InChI is InChI=1S/C16H22FNO2/c1-11-5-6-12(9-13(11)17)10-16(15(2,3)4)7-8-18(16)14(19)20/h5-6,9H,7-8,10H2,1-4H3,(H,19,20)/t16-/m0/s1. The Morgan fingerprint density at radius 2 is 2.10 bits per heavy atom. The summed E-state index contributed by atoms with van der Waals surface area (Å²) in [6.07, 6.45) is 0.483. The van der Waals surface area contributed by atoms with Crippen LogP contribution in [0.3, 0.4) is 0 Å². The number of carbonyl (C=O) groups is 1. The number of hydrogen-bond acceptors (Lipinski definition) is 1. The molecule has 1 heterocycles. The quantitative estimate of drug-likeness (QED) is 0.893. The summed E-state index contributed by atoms with van der Waals surface area (Å²) in [6, 6.07) is 5.18. The number of carboxylic acid groups (broad SMARTS) is 1. The molecule has 0 aromatic heterocycles. The maximum Gasteiger partial charge on any atom is 0.407 e. The van der Waals surface area contributed by atoms with Gasteiger partial charge in [0, 0.05) is 6.54 Å². The first-order chi connectivity index (χ1) is 9.17. The highest BCUT2D eigenvalue weighted by Crippen LogP contribution is 2.47. The van der Waals surface area contributed by atoms with Gasteiger partial charge in [-0.05, 0) is 42.4 Å². The van der Waals surface area contributed by atoms with Crippen LogP contribution < -0.4 is 0 Å². The number of rotatable bonds is 2. The van der Waals surface area contributed by atoms with Crippen LogP contribution in [0.2, 0.25) is 0 Å². The van der Waals surface area contributed by atoms with Crippen LogP contribution >= 0.6 is 0 Å². The molecule has 0 saturated carbocycles. The van der Waals surface area contributed by atoms with E-state index in [0.29, 0.717) is 18.5 Å². The number of halogens is 1. The molecule has 0 radical (unpaired) electrons.